The Balaban J connectivity index is 1.51. The van der Waals surface area contributed by atoms with Gasteiger partial charge >= 0.3 is 0 Å². The van der Waals surface area contributed by atoms with Crippen LogP contribution in [0.3, 0.4) is 0 Å². The molecule has 0 bridgehead atoms. The number of oxazole rings is 1. The molecule has 0 aliphatic heterocycles. The topological polar surface area (TPSA) is 68.0 Å². The Morgan fingerprint density at radius 1 is 1.00 bits per heavy atom. The highest BCUT2D eigenvalue weighted by molar-refractivity contribution is 9.10. The Labute approximate surface area is 184 Å². The molecule has 1 amide bonds. The van der Waals surface area contributed by atoms with Crippen molar-refractivity contribution in [2.45, 2.75) is 0 Å². The van der Waals surface area contributed by atoms with Crippen LogP contribution in [0.15, 0.2) is 81.8 Å². The first-order valence-corrected chi connectivity index (χ1v) is 10.3. The van der Waals surface area contributed by atoms with Gasteiger partial charge in [-0.05, 0) is 53.2 Å². The quantitative estimate of drug-likeness (QED) is 0.313. The summed E-state index contributed by atoms with van der Waals surface area (Å²) in [6.07, 6.45) is 1.65. The number of benzene rings is 3. The Morgan fingerprint density at radius 3 is 2.70 bits per heavy atom. The Bertz CT molecular complexity index is 1400. The van der Waals surface area contributed by atoms with Crippen LogP contribution >= 0.6 is 27.5 Å². The van der Waals surface area contributed by atoms with Crippen molar-refractivity contribution in [3.63, 3.8) is 0 Å². The lowest BCUT2D eigenvalue weighted by atomic mass is 10.0. The first-order chi connectivity index (χ1) is 14.6. The lowest BCUT2D eigenvalue weighted by Crippen LogP contribution is -2.12. The summed E-state index contributed by atoms with van der Waals surface area (Å²) in [5, 5.41) is 5.25. The second kappa shape index (κ2) is 7.55. The van der Waals surface area contributed by atoms with Crippen LogP contribution < -0.4 is 5.32 Å². The van der Waals surface area contributed by atoms with Gasteiger partial charge in [-0.15, -0.1) is 0 Å². The zero-order valence-corrected chi connectivity index (χ0v) is 17.7. The van der Waals surface area contributed by atoms with Gasteiger partial charge in [0.15, 0.2) is 11.2 Å². The molecule has 5 aromatic rings. The molecule has 2 aromatic heterocycles. The van der Waals surface area contributed by atoms with E-state index >= 15 is 0 Å². The highest BCUT2D eigenvalue weighted by Crippen LogP contribution is 2.32. The number of rotatable bonds is 3. The van der Waals surface area contributed by atoms with Crippen LogP contribution in [0.25, 0.3) is 33.5 Å². The third kappa shape index (κ3) is 3.34. The highest BCUT2D eigenvalue weighted by atomic mass is 79.9. The molecule has 0 atom stereocenters. The van der Waals surface area contributed by atoms with Gasteiger partial charge in [-0.1, -0.05) is 51.8 Å². The number of pyridine rings is 1. The fraction of sp³-hybridized carbons (Fsp3) is 0. The van der Waals surface area contributed by atoms with Gasteiger partial charge in [0.2, 0.25) is 5.89 Å². The molecule has 2 heterocycles. The van der Waals surface area contributed by atoms with Gasteiger partial charge in [0.1, 0.15) is 0 Å². The molecule has 0 aliphatic rings. The van der Waals surface area contributed by atoms with Gasteiger partial charge in [-0.3, -0.25) is 4.79 Å². The van der Waals surface area contributed by atoms with E-state index in [2.05, 4.69) is 31.2 Å². The standard InChI is InChI=1S/C23H13BrClN3O2/c24-18-7-2-4-14-15(18)5-1-6-16(14)22(29)27-13-9-10-19(25)17(12-13)23-28-21-20(30-23)8-3-11-26-21/h1-12H,(H,27,29). The van der Waals surface area contributed by atoms with Gasteiger partial charge in [0.25, 0.3) is 5.91 Å². The summed E-state index contributed by atoms with van der Waals surface area (Å²) in [4.78, 5) is 21.6. The van der Waals surface area contributed by atoms with Crippen molar-refractivity contribution < 1.29 is 9.21 Å². The van der Waals surface area contributed by atoms with Gasteiger partial charge in [-0.2, -0.15) is 4.98 Å². The maximum Gasteiger partial charge on any atom is 0.256 e. The van der Waals surface area contributed by atoms with Crippen molar-refractivity contribution in [1.82, 2.24) is 9.97 Å². The maximum absolute atomic E-state index is 13.0. The number of hydrogen-bond acceptors (Lipinski definition) is 4. The van der Waals surface area contributed by atoms with Crippen molar-refractivity contribution in [3.8, 4) is 11.5 Å². The predicted octanol–water partition coefficient (Wildman–Crippen LogP) is 6.71. The van der Waals surface area contributed by atoms with E-state index in [4.69, 9.17) is 16.0 Å². The summed E-state index contributed by atoms with van der Waals surface area (Å²) in [5.74, 6) is 0.130. The van der Waals surface area contributed by atoms with Crippen molar-refractivity contribution in [2.75, 3.05) is 5.32 Å². The number of hydrogen-bond donors (Lipinski definition) is 1. The maximum atomic E-state index is 13.0. The predicted molar refractivity (Wildman–Crippen MR) is 122 cm³/mol. The second-order valence-electron chi connectivity index (χ2n) is 6.63. The van der Waals surface area contributed by atoms with Gasteiger partial charge in [0.05, 0.1) is 10.6 Å². The monoisotopic (exact) mass is 477 g/mol. The minimum atomic E-state index is -0.216. The molecule has 0 saturated heterocycles. The fourth-order valence-corrected chi connectivity index (χ4v) is 4.02. The Kier molecular flexibility index (Phi) is 4.73. The molecule has 7 heteroatoms. The summed E-state index contributed by atoms with van der Waals surface area (Å²) >= 11 is 9.91. The molecule has 30 heavy (non-hydrogen) atoms. The van der Waals surface area contributed by atoms with E-state index in [-0.39, 0.29) is 5.91 Å². The van der Waals surface area contributed by atoms with E-state index in [1.807, 2.05) is 30.3 Å². The molecule has 5 rings (SSSR count). The number of nitrogens with one attached hydrogen (secondary N) is 1. The van der Waals surface area contributed by atoms with Gasteiger partial charge in [0, 0.05) is 21.9 Å². The molecule has 0 spiro atoms. The van der Waals surface area contributed by atoms with Gasteiger partial charge < -0.3 is 9.73 Å². The van der Waals surface area contributed by atoms with Crippen LogP contribution in [-0.2, 0) is 0 Å². The zero-order chi connectivity index (χ0) is 20.7. The number of anilines is 1. The number of nitrogens with zero attached hydrogens (tertiary/aromatic N) is 2. The lowest BCUT2D eigenvalue weighted by Gasteiger charge is -2.10. The largest absolute Gasteiger partial charge is 0.434 e. The SMILES string of the molecule is O=C(Nc1ccc(Cl)c(-c2nc3ncccc3o2)c1)c1cccc2c(Br)cccc12. The number of fused-ring (bicyclic) bond motifs is 2. The normalized spacial score (nSPS) is 11.1. The number of halogens is 2. The minimum Gasteiger partial charge on any atom is -0.434 e. The lowest BCUT2D eigenvalue weighted by molar-refractivity contribution is 0.102. The van der Waals surface area contributed by atoms with E-state index in [1.165, 1.54) is 0 Å². The molecule has 146 valence electrons. The van der Waals surface area contributed by atoms with Crippen LogP contribution in [-0.4, -0.2) is 15.9 Å². The van der Waals surface area contributed by atoms with Crippen LogP contribution in [0, 0.1) is 0 Å². The van der Waals surface area contributed by atoms with Crippen LogP contribution in [0.1, 0.15) is 10.4 Å². The molecule has 0 fully saturated rings. The first-order valence-electron chi connectivity index (χ1n) is 9.10. The first kappa shape index (κ1) is 18.8. The van der Waals surface area contributed by atoms with Gasteiger partial charge in [-0.25, -0.2) is 4.98 Å². The molecule has 0 radical (unpaired) electrons. The van der Waals surface area contributed by atoms with Crippen LogP contribution in [0.2, 0.25) is 5.02 Å². The average molecular weight is 479 g/mol. The fourth-order valence-electron chi connectivity index (χ4n) is 3.32. The molecule has 5 nitrogen and oxygen atoms in total. The van der Waals surface area contributed by atoms with E-state index in [9.17, 15) is 4.79 Å². The number of aromatic nitrogens is 2. The summed E-state index contributed by atoms with van der Waals surface area (Å²) in [7, 11) is 0. The number of carbonyl (C=O) groups excluding carboxylic acids is 1. The van der Waals surface area contributed by atoms with Crippen molar-refractivity contribution in [2.24, 2.45) is 0 Å². The summed E-state index contributed by atoms with van der Waals surface area (Å²) in [6.45, 7) is 0. The molecule has 0 aliphatic carbocycles. The molecule has 3 aromatic carbocycles. The molecule has 1 N–H and O–H groups in total. The smallest absolute Gasteiger partial charge is 0.256 e. The second-order valence-corrected chi connectivity index (χ2v) is 7.89. The minimum absolute atomic E-state index is 0.216. The third-order valence-electron chi connectivity index (χ3n) is 4.73. The summed E-state index contributed by atoms with van der Waals surface area (Å²) in [5.41, 5.74) is 2.81. The number of amides is 1. The molecular formula is C23H13BrClN3O2. The van der Waals surface area contributed by atoms with Crippen molar-refractivity contribution >= 4 is 61.1 Å². The van der Waals surface area contributed by atoms with E-state index in [0.717, 1.165) is 15.2 Å². The molecule has 0 saturated carbocycles. The molecule has 0 unspecified atom stereocenters. The Hall–Kier alpha value is -3.22. The average Bonchev–Trinajstić information content (AvgIpc) is 3.19. The van der Waals surface area contributed by atoms with Crippen LogP contribution in [0.5, 0.6) is 0 Å². The van der Waals surface area contributed by atoms with Crippen molar-refractivity contribution in [3.05, 3.63) is 88.0 Å². The number of carbonyl (C=O) groups is 1. The van der Waals surface area contributed by atoms with E-state index < -0.39 is 0 Å². The third-order valence-corrected chi connectivity index (χ3v) is 5.75. The Morgan fingerprint density at radius 2 is 1.83 bits per heavy atom. The van der Waals surface area contributed by atoms with E-state index in [1.54, 1.807) is 42.6 Å². The molecular weight excluding hydrogens is 466 g/mol. The zero-order valence-electron chi connectivity index (χ0n) is 15.4. The van der Waals surface area contributed by atoms with Crippen LogP contribution in [0.4, 0.5) is 5.69 Å². The van der Waals surface area contributed by atoms with Crippen molar-refractivity contribution in [1.29, 1.82) is 0 Å². The summed E-state index contributed by atoms with van der Waals surface area (Å²) < 4.78 is 6.71. The summed E-state index contributed by atoms with van der Waals surface area (Å²) in [6, 6.07) is 20.2. The van der Waals surface area contributed by atoms with E-state index in [0.29, 0.717) is 39.0 Å². The highest BCUT2D eigenvalue weighted by Gasteiger charge is 2.15.